The van der Waals surface area contributed by atoms with Crippen molar-refractivity contribution in [3.8, 4) is 0 Å². The van der Waals surface area contributed by atoms with Gasteiger partial charge < -0.3 is 37.2 Å². The van der Waals surface area contributed by atoms with Crippen LogP contribution >= 0.6 is 0 Å². The molecule has 1 aliphatic carbocycles. The Bertz CT molecular complexity index is 690. The Kier molecular flexibility index (Phi) is 17.5. The third-order valence-corrected chi connectivity index (χ3v) is 6.51. The molecule has 0 amide bonds. The van der Waals surface area contributed by atoms with E-state index < -0.39 is 8.80 Å². The van der Waals surface area contributed by atoms with Gasteiger partial charge in [0.2, 0.25) is 0 Å². The summed E-state index contributed by atoms with van der Waals surface area (Å²) in [6.45, 7) is 0. The van der Waals surface area contributed by atoms with E-state index in [-0.39, 0.29) is 58.9 Å². The van der Waals surface area contributed by atoms with Crippen molar-refractivity contribution in [3.63, 3.8) is 0 Å². The number of hydrogen-bond acceptors (Lipinski definition) is 0. The molecule has 0 heterocycles. The van der Waals surface area contributed by atoms with Crippen LogP contribution < -0.4 is 52.8 Å². The second kappa shape index (κ2) is 16.9. The summed E-state index contributed by atoms with van der Waals surface area (Å²) in [4.78, 5) is 0. The van der Waals surface area contributed by atoms with Crippen molar-refractivity contribution in [2.24, 2.45) is 0 Å². The Morgan fingerprint density at radius 2 is 0.929 bits per heavy atom. The van der Waals surface area contributed by atoms with Gasteiger partial charge in [-0.2, -0.15) is 6.08 Å². The Balaban J connectivity index is 0. The molecule has 0 saturated heterocycles. The zero-order valence-corrected chi connectivity index (χ0v) is 20.1. The molecular weight excluding hydrogens is 459 g/mol. The molecule has 0 fully saturated rings. The summed E-state index contributed by atoms with van der Waals surface area (Å²) in [7, 11) is -0.877. The summed E-state index contributed by atoms with van der Waals surface area (Å²) in [6, 6.07) is 32.5. The van der Waals surface area contributed by atoms with Crippen molar-refractivity contribution in [1.82, 2.24) is 0 Å². The molecule has 28 heavy (non-hydrogen) atoms. The number of rotatable bonds is 3. The Morgan fingerprint density at radius 3 is 1.14 bits per heavy atom. The number of hydrogen-bond donors (Lipinski definition) is 0. The van der Waals surface area contributed by atoms with Crippen molar-refractivity contribution in [2.45, 2.75) is 6.42 Å². The Morgan fingerprint density at radius 1 is 0.571 bits per heavy atom. The van der Waals surface area contributed by atoms with Gasteiger partial charge in [0.15, 0.2) is 8.80 Å². The minimum absolute atomic E-state index is 0. The second-order valence-electron chi connectivity index (χ2n) is 5.48. The van der Waals surface area contributed by atoms with Crippen LogP contribution in [0.2, 0.25) is 0 Å². The van der Waals surface area contributed by atoms with Crippen molar-refractivity contribution >= 4 is 24.4 Å². The first-order valence-electron chi connectivity index (χ1n) is 8.20. The number of halogens is 3. The van der Waals surface area contributed by atoms with Crippen LogP contribution in [0.5, 0.6) is 0 Å². The fraction of sp³-hybridized carbons (Fsp3) is 0.0435. The van der Waals surface area contributed by atoms with E-state index in [1.54, 1.807) is 0 Å². The molecule has 141 valence electrons. The van der Waals surface area contributed by atoms with Crippen LogP contribution in [0.3, 0.4) is 0 Å². The summed E-state index contributed by atoms with van der Waals surface area (Å²) in [5.74, 6) is 0. The van der Waals surface area contributed by atoms with Crippen molar-refractivity contribution in [1.29, 1.82) is 0 Å². The molecule has 0 aromatic heterocycles. The summed E-state index contributed by atoms with van der Waals surface area (Å²) in [5.41, 5.74) is 0. The maximum absolute atomic E-state index is 2.99. The average Bonchev–Trinajstić information content (AvgIpc) is 3.25. The SMILES string of the molecule is [C-]1=CC=CC1.[Cl-].[Cl-].[Cl-].[Ti+4].c1ccc([Si](c2ccccc2)c2ccccc2)cc1. The van der Waals surface area contributed by atoms with Crippen LogP contribution in [0.25, 0.3) is 0 Å². The fourth-order valence-electron chi connectivity index (χ4n) is 2.65. The molecule has 1 radical (unpaired) electrons. The molecule has 4 rings (SSSR count). The fourth-order valence-corrected chi connectivity index (χ4v) is 5.23. The zero-order chi connectivity index (χ0) is 16.5. The number of allylic oxidation sites excluding steroid dienone is 4. The molecule has 0 nitrogen and oxygen atoms in total. The molecule has 0 spiro atoms. The van der Waals surface area contributed by atoms with Gasteiger partial charge in [-0.1, -0.05) is 107 Å². The van der Waals surface area contributed by atoms with E-state index in [2.05, 4.69) is 103 Å². The van der Waals surface area contributed by atoms with E-state index >= 15 is 0 Å². The Labute approximate surface area is 203 Å². The molecule has 5 heteroatoms. The maximum atomic E-state index is 2.99. The standard InChI is InChI=1S/C18H15Si.C5H5.3ClH.Ti/c1-4-10-16(11-5-1)19(17-12-6-2-7-13-17)18-14-8-3-9-15-18;1-2-4-5-3-1;;;;/h1-15H;1-3H,4H2;3*1H;/q;-1;;;;+4/p-3. The molecule has 0 saturated carbocycles. The van der Waals surface area contributed by atoms with E-state index in [1.165, 1.54) is 15.6 Å². The van der Waals surface area contributed by atoms with Gasteiger partial charge in [-0.3, -0.25) is 6.08 Å². The van der Waals surface area contributed by atoms with Gasteiger partial charge in [-0.15, -0.1) is 6.42 Å². The van der Waals surface area contributed by atoms with Crippen LogP contribution in [0, 0.1) is 6.08 Å². The van der Waals surface area contributed by atoms with E-state index in [0.29, 0.717) is 0 Å². The topological polar surface area (TPSA) is 0 Å². The Hall–Kier alpha value is -1.06. The van der Waals surface area contributed by atoms with E-state index in [9.17, 15) is 0 Å². The summed E-state index contributed by atoms with van der Waals surface area (Å²) < 4.78 is 0. The van der Waals surface area contributed by atoms with Gasteiger partial charge in [0.25, 0.3) is 0 Å². The van der Waals surface area contributed by atoms with Crippen LogP contribution in [0.4, 0.5) is 0 Å². The minimum Gasteiger partial charge on any atom is -1.00 e. The van der Waals surface area contributed by atoms with Gasteiger partial charge in [0.1, 0.15) is 0 Å². The monoisotopic (exact) mass is 477 g/mol. The number of benzene rings is 3. The first-order chi connectivity index (χ1) is 11.9. The summed E-state index contributed by atoms with van der Waals surface area (Å²) in [6.07, 6.45) is 10.0. The van der Waals surface area contributed by atoms with E-state index in [0.717, 1.165) is 6.42 Å². The summed E-state index contributed by atoms with van der Waals surface area (Å²) in [5, 5.41) is 4.31. The normalized spacial score (nSPS) is 10.3. The molecule has 0 bridgehead atoms. The van der Waals surface area contributed by atoms with Gasteiger partial charge in [0.05, 0.1) is 0 Å². The van der Waals surface area contributed by atoms with Crippen molar-refractivity contribution in [3.05, 3.63) is 115 Å². The molecule has 3 aromatic carbocycles. The molecular formula is C23H20Cl3SiTi. The summed E-state index contributed by atoms with van der Waals surface area (Å²) >= 11 is 0. The van der Waals surface area contributed by atoms with Gasteiger partial charge >= 0.3 is 21.7 Å². The molecule has 0 aliphatic heterocycles. The van der Waals surface area contributed by atoms with Crippen LogP contribution in [0.15, 0.2) is 109 Å². The molecule has 0 unspecified atom stereocenters. The molecule has 3 aromatic rings. The first-order valence-corrected chi connectivity index (χ1v) is 9.70. The smallest absolute Gasteiger partial charge is 1.00 e. The first kappa shape index (κ1) is 29.1. The third kappa shape index (κ3) is 8.96. The van der Waals surface area contributed by atoms with Crippen molar-refractivity contribution < 1.29 is 58.9 Å². The van der Waals surface area contributed by atoms with Gasteiger partial charge in [-0.05, 0) is 0 Å². The van der Waals surface area contributed by atoms with Crippen LogP contribution in [-0.2, 0) is 21.7 Å². The van der Waals surface area contributed by atoms with Gasteiger partial charge in [-0.25, -0.2) is 12.2 Å². The van der Waals surface area contributed by atoms with Crippen molar-refractivity contribution in [2.75, 3.05) is 0 Å². The quantitative estimate of drug-likeness (QED) is 0.200. The predicted octanol–water partition coefficient (Wildman–Crippen LogP) is -5.48. The van der Waals surface area contributed by atoms with Gasteiger partial charge in [0, 0.05) is 0 Å². The van der Waals surface area contributed by atoms with E-state index in [1.807, 2.05) is 12.2 Å². The minimum atomic E-state index is -0.877. The maximum Gasteiger partial charge on any atom is 4.00 e. The molecule has 0 N–H and O–H groups in total. The van der Waals surface area contributed by atoms with Crippen LogP contribution in [0.1, 0.15) is 6.42 Å². The largest absolute Gasteiger partial charge is 4.00 e. The zero-order valence-electron chi connectivity index (χ0n) is 15.2. The second-order valence-corrected chi connectivity index (χ2v) is 7.96. The predicted molar refractivity (Wildman–Crippen MR) is 106 cm³/mol. The van der Waals surface area contributed by atoms with Crippen LogP contribution in [-0.4, -0.2) is 8.80 Å². The average molecular weight is 479 g/mol. The molecule has 1 aliphatic rings. The van der Waals surface area contributed by atoms with E-state index in [4.69, 9.17) is 0 Å². The molecule has 0 atom stereocenters. The third-order valence-electron chi connectivity index (χ3n) is 3.77.